The van der Waals surface area contributed by atoms with Crippen LogP contribution in [0.4, 0.5) is 11.6 Å². The SMILES string of the molecule is CN(C)CCCNc1ccc(NS(=O)(=O)c2ccc(Cl)s2)nn1. The third kappa shape index (κ3) is 5.61. The molecule has 2 aromatic rings. The fourth-order valence-electron chi connectivity index (χ4n) is 1.72. The molecule has 7 nitrogen and oxygen atoms in total. The number of nitrogens with zero attached hydrogens (tertiary/aromatic N) is 3. The van der Waals surface area contributed by atoms with Crippen molar-refractivity contribution in [1.82, 2.24) is 15.1 Å². The lowest BCUT2D eigenvalue weighted by Crippen LogP contribution is -2.17. The molecule has 0 aliphatic rings. The van der Waals surface area contributed by atoms with Gasteiger partial charge in [-0.15, -0.1) is 21.5 Å². The molecule has 23 heavy (non-hydrogen) atoms. The number of hydrogen-bond acceptors (Lipinski definition) is 7. The molecule has 0 radical (unpaired) electrons. The molecule has 0 aromatic carbocycles. The molecule has 2 heterocycles. The minimum absolute atomic E-state index is 0.134. The van der Waals surface area contributed by atoms with E-state index in [0.29, 0.717) is 10.2 Å². The van der Waals surface area contributed by atoms with E-state index < -0.39 is 10.0 Å². The summed E-state index contributed by atoms with van der Waals surface area (Å²) in [6.45, 7) is 1.74. The summed E-state index contributed by atoms with van der Waals surface area (Å²) < 4.78 is 27.2. The van der Waals surface area contributed by atoms with Gasteiger partial charge in [-0.25, -0.2) is 8.42 Å². The van der Waals surface area contributed by atoms with Crippen molar-refractivity contribution in [2.24, 2.45) is 0 Å². The van der Waals surface area contributed by atoms with Crippen LogP contribution in [-0.4, -0.2) is 50.7 Å². The average molecular weight is 376 g/mol. The molecular formula is C13H18ClN5O2S2. The van der Waals surface area contributed by atoms with Crippen molar-refractivity contribution < 1.29 is 8.42 Å². The van der Waals surface area contributed by atoms with Gasteiger partial charge in [0.2, 0.25) is 0 Å². The van der Waals surface area contributed by atoms with Crippen molar-refractivity contribution in [3.63, 3.8) is 0 Å². The molecule has 0 aliphatic heterocycles. The molecule has 10 heteroatoms. The van der Waals surface area contributed by atoms with Crippen molar-refractivity contribution in [2.45, 2.75) is 10.6 Å². The summed E-state index contributed by atoms with van der Waals surface area (Å²) in [5.41, 5.74) is 0. The third-order valence-corrected chi connectivity index (χ3v) is 5.88. The Balaban J connectivity index is 1.92. The van der Waals surface area contributed by atoms with Crippen molar-refractivity contribution in [2.75, 3.05) is 37.2 Å². The summed E-state index contributed by atoms with van der Waals surface area (Å²) in [6, 6.07) is 6.23. The predicted octanol–water partition coefficient (Wildman–Crippen LogP) is 2.36. The summed E-state index contributed by atoms with van der Waals surface area (Å²) >= 11 is 6.74. The van der Waals surface area contributed by atoms with E-state index in [-0.39, 0.29) is 10.0 Å². The fraction of sp³-hybridized carbons (Fsp3) is 0.385. The minimum Gasteiger partial charge on any atom is -0.369 e. The lowest BCUT2D eigenvalue weighted by molar-refractivity contribution is 0.405. The van der Waals surface area contributed by atoms with E-state index in [1.54, 1.807) is 12.1 Å². The molecule has 126 valence electrons. The average Bonchev–Trinajstić information content (AvgIpc) is 2.92. The minimum atomic E-state index is -3.68. The molecule has 0 saturated heterocycles. The van der Waals surface area contributed by atoms with E-state index in [1.807, 2.05) is 14.1 Å². The highest BCUT2D eigenvalue weighted by Gasteiger charge is 2.17. The highest BCUT2D eigenvalue weighted by atomic mass is 35.5. The first-order valence-electron chi connectivity index (χ1n) is 6.87. The molecule has 0 atom stereocenters. The quantitative estimate of drug-likeness (QED) is 0.689. The smallest absolute Gasteiger partial charge is 0.272 e. The van der Waals surface area contributed by atoms with E-state index in [1.165, 1.54) is 12.1 Å². The summed E-state index contributed by atoms with van der Waals surface area (Å²) in [5.74, 6) is 0.763. The second kappa shape index (κ2) is 7.91. The van der Waals surface area contributed by atoms with E-state index >= 15 is 0 Å². The van der Waals surface area contributed by atoms with Crippen LogP contribution in [0.2, 0.25) is 4.34 Å². The van der Waals surface area contributed by atoms with Gasteiger partial charge in [0.1, 0.15) is 10.0 Å². The predicted molar refractivity (Wildman–Crippen MR) is 93.8 cm³/mol. The van der Waals surface area contributed by atoms with E-state index in [9.17, 15) is 8.42 Å². The lowest BCUT2D eigenvalue weighted by atomic mass is 10.4. The summed E-state index contributed by atoms with van der Waals surface area (Å²) in [5, 5.41) is 11.0. The van der Waals surface area contributed by atoms with Crippen LogP contribution < -0.4 is 10.0 Å². The Bertz CT molecular complexity index is 731. The molecule has 0 spiro atoms. The number of hydrogen-bond donors (Lipinski definition) is 2. The Labute approximate surface area is 144 Å². The van der Waals surface area contributed by atoms with Gasteiger partial charge >= 0.3 is 0 Å². The first kappa shape index (κ1) is 17.9. The van der Waals surface area contributed by atoms with Gasteiger partial charge in [-0.1, -0.05) is 11.6 Å². The molecular weight excluding hydrogens is 358 g/mol. The summed E-state index contributed by atoms with van der Waals surface area (Å²) in [6.07, 6.45) is 0.974. The Kier molecular flexibility index (Phi) is 6.17. The van der Waals surface area contributed by atoms with Crippen LogP contribution in [0.5, 0.6) is 0 Å². The lowest BCUT2D eigenvalue weighted by Gasteiger charge is -2.10. The zero-order valence-corrected chi connectivity index (χ0v) is 15.2. The molecule has 0 aliphatic carbocycles. The maximum absolute atomic E-state index is 12.1. The normalized spacial score (nSPS) is 11.7. The van der Waals surface area contributed by atoms with Crippen LogP contribution in [0.1, 0.15) is 6.42 Å². The third-order valence-electron chi connectivity index (χ3n) is 2.81. The maximum Gasteiger partial charge on any atom is 0.272 e. The van der Waals surface area contributed by atoms with Crippen LogP contribution in [0.25, 0.3) is 0 Å². The van der Waals surface area contributed by atoms with Crippen LogP contribution in [0.15, 0.2) is 28.5 Å². The van der Waals surface area contributed by atoms with Gasteiger partial charge in [0.25, 0.3) is 10.0 Å². The van der Waals surface area contributed by atoms with Gasteiger partial charge in [0.15, 0.2) is 5.82 Å². The topological polar surface area (TPSA) is 87.2 Å². The van der Waals surface area contributed by atoms with Crippen LogP contribution >= 0.6 is 22.9 Å². The molecule has 0 saturated carbocycles. The number of halogens is 1. The number of aromatic nitrogens is 2. The molecule has 0 amide bonds. The Morgan fingerprint density at radius 2 is 1.87 bits per heavy atom. The standard InChI is InChI=1S/C13H18ClN5O2S2/c1-19(2)9-3-8-15-11-5-6-12(17-16-11)18-23(20,21)13-7-4-10(14)22-13/h4-7H,3,8-9H2,1-2H3,(H,15,16)(H,17,18). The highest BCUT2D eigenvalue weighted by Crippen LogP contribution is 2.26. The number of thiophene rings is 1. The maximum atomic E-state index is 12.1. The van der Waals surface area contributed by atoms with E-state index in [2.05, 4.69) is 25.1 Å². The van der Waals surface area contributed by atoms with Crippen molar-refractivity contribution in [3.8, 4) is 0 Å². The van der Waals surface area contributed by atoms with Crippen LogP contribution in [0, 0.1) is 0 Å². The van der Waals surface area contributed by atoms with Crippen molar-refractivity contribution >= 4 is 44.6 Å². The van der Waals surface area contributed by atoms with Crippen LogP contribution in [-0.2, 0) is 10.0 Å². The Hall–Kier alpha value is -1.42. The fourth-order valence-corrected chi connectivity index (χ4v) is 4.20. The molecule has 2 N–H and O–H groups in total. The monoisotopic (exact) mass is 375 g/mol. The molecule has 0 unspecified atom stereocenters. The second-order valence-corrected chi connectivity index (χ2v) is 8.68. The zero-order chi connectivity index (χ0) is 16.9. The number of nitrogens with one attached hydrogen (secondary N) is 2. The first-order chi connectivity index (χ1) is 10.9. The Morgan fingerprint density at radius 1 is 1.17 bits per heavy atom. The van der Waals surface area contributed by atoms with Gasteiger partial charge in [-0.3, -0.25) is 4.72 Å². The van der Waals surface area contributed by atoms with E-state index in [0.717, 1.165) is 30.8 Å². The summed E-state index contributed by atoms with van der Waals surface area (Å²) in [7, 11) is 0.351. The van der Waals surface area contributed by atoms with Crippen molar-refractivity contribution in [1.29, 1.82) is 0 Å². The Morgan fingerprint density at radius 3 is 2.43 bits per heavy atom. The van der Waals surface area contributed by atoms with Crippen molar-refractivity contribution in [3.05, 3.63) is 28.6 Å². The first-order valence-corrected chi connectivity index (χ1v) is 9.55. The number of sulfonamides is 1. The van der Waals surface area contributed by atoms with E-state index in [4.69, 9.17) is 11.6 Å². The van der Waals surface area contributed by atoms with Gasteiger partial charge in [-0.05, 0) is 51.3 Å². The van der Waals surface area contributed by atoms with Gasteiger partial charge in [0, 0.05) is 6.54 Å². The van der Waals surface area contributed by atoms with Gasteiger partial charge in [0.05, 0.1) is 4.34 Å². The summed E-state index contributed by atoms with van der Waals surface area (Å²) in [4.78, 5) is 2.10. The molecule has 2 aromatic heterocycles. The number of anilines is 2. The largest absolute Gasteiger partial charge is 0.369 e. The van der Waals surface area contributed by atoms with Gasteiger partial charge in [-0.2, -0.15) is 0 Å². The zero-order valence-electron chi connectivity index (χ0n) is 12.8. The molecule has 2 rings (SSSR count). The van der Waals surface area contributed by atoms with Gasteiger partial charge < -0.3 is 10.2 Å². The number of rotatable bonds is 8. The van der Waals surface area contributed by atoms with Crippen LogP contribution in [0.3, 0.4) is 0 Å². The molecule has 0 bridgehead atoms. The molecule has 0 fully saturated rings. The highest BCUT2D eigenvalue weighted by molar-refractivity contribution is 7.94. The second-order valence-electron chi connectivity index (χ2n) is 5.05.